The molecule has 0 N–H and O–H groups in total. The molecule has 1 aromatic heterocycles. The molecule has 1 saturated heterocycles. The monoisotopic (exact) mass is 328 g/mol. The average molecular weight is 328 g/mol. The van der Waals surface area contributed by atoms with Crippen molar-refractivity contribution < 1.29 is 38.3 Å². The Labute approximate surface area is 153 Å². The summed E-state index contributed by atoms with van der Waals surface area (Å²) in [4.78, 5) is 33.8. The van der Waals surface area contributed by atoms with Crippen molar-refractivity contribution in [2.75, 3.05) is 25.0 Å². The van der Waals surface area contributed by atoms with Gasteiger partial charge in [-0.15, -0.1) is 0 Å². The van der Waals surface area contributed by atoms with Crippen LogP contribution in [-0.4, -0.2) is 58.7 Å². The SMILES string of the molecule is CN(c1cnc(C(=O)[O-])nc1)C1CCN(C(=O)OC(C)(C)C)C1.[Li+]. The number of rotatable bonds is 3. The van der Waals surface area contributed by atoms with Crippen LogP contribution >= 0.6 is 0 Å². The number of anilines is 1. The second-order valence-electron chi connectivity index (χ2n) is 6.53. The first kappa shape index (κ1) is 20.3. The Bertz CT molecular complexity index is 588. The van der Waals surface area contributed by atoms with Gasteiger partial charge in [0.15, 0.2) is 5.82 Å². The van der Waals surface area contributed by atoms with Crippen LogP contribution in [0.3, 0.4) is 0 Å². The number of hydrogen-bond donors (Lipinski definition) is 0. The van der Waals surface area contributed by atoms with Crippen molar-refractivity contribution in [3.63, 3.8) is 0 Å². The van der Waals surface area contributed by atoms with Gasteiger partial charge in [0.1, 0.15) is 11.6 Å². The van der Waals surface area contributed by atoms with Crippen LogP contribution in [-0.2, 0) is 4.74 Å². The molecule has 9 heteroatoms. The molecule has 0 spiro atoms. The summed E-state index contributed by atoms with van der Waals surface area (Å²) >= 11 is 0. The van der Waals surface area contributed by atoms with E-state index in [1.54, 1.807) is 4.90 Å². The van der Waals surface area contributed by atoms with Gasteiger partial charge in [0.25, 0.3) is 0 Å². The van der Waals surface area contributed by atoms with E-state index in [1.165, 1.54) is 12.4 Å². The van der Waals surface area contributed by atoms with Crippen LogP contribution in [0, 0.1) is 0 Å². The third kappa shape index (κ3) is 5.11. The number of likely N-dealkylation sites (tertiary alicyclic amines) is 1. The van der Waals surface area contributed by atoms with Gasteiger partial charge in [-0.05, 0) is 27.2 Å². The van der Waals surface area contributed by atoms with E-state index >= 15 is 0 Å². The minimum atomic E-state index is -1.41. The second kappa shape index (κ2) is 7.86. The van der Waals surface area contributed by atoms with Crippen molar-refractivity contribution in [2.45, 2.75) is 38.8 Å². The largest absolute Gasteiger partial charge is 1.00 e. The fourth-order valence-electron chi connectivity index (χ4n) is 2.37. The maximum Gasteiger partial charge on any atom is 1.00 e. The van der Waals surface area contributed by atoms with Gasteiger partial charge in [-0.2, -0.15) is 0 Å². The quantitative estimate of drug-likeness (QED) is 0.556. The topological polar surface area (TPSA) is 98.7 Å². The van der Waals surface area contributed by atoms with Crippen molar-refractivity contribution in [1.82, 2.24) is 14.9 Å². The fraction of sp³-hybridized carbons (Fsp3) is 0.600. The molecule has 0 aliphatic carbocycles. The summed E-state index contributed by atoms with van der Waals surface area (Å²) in [5.41, 5.74) is 0.168. The molecular formula is C15H21LiN4O4. The summed E-state index contributed by atoms with van der Waals surface area (Å²) in [5.74, 6) is -1.75. The van der Waals surface area contributed by atoms with Gasteiger partial charge in [0.2, 0.25) is 0 Å². The third-order valence-electron chi connectivity index (χ3n) is 3.59. The molecule has 2 heterocycles. The van der Waals surface area contributed by atoms with Crippen LogP contribution < -0.4 is 28.9 Å². The van der Waals surface area contributed by atoms with Gasteiger partial charge >= 0.3 is 25.0 Å². The van der Waals surface area contributed by atoms with Crippen LogP contribution in [0.25, 0.3) is 0 Å². The molecule has 1 aliphatic heterocycles. The molecule has 0 bridgehead atoms. The first-order chi connectivity index (χ1) is 10.7. The minimum Gasteiger partial charge on any atom is -0.542 e. The molecular weight excluding hydrogens is 307 g/mol. The average Bonchev–Trinajstić information content (AvgIpc) is 2.94. The van der Waals surface area contributed by atoms with Crippen LogP contribution in [0.15, 0.2) is 12.4 Å². The summed E-state index contributed by atoms with van der Waals surface area (Å²) in [7, 11) is 1.86. The predicted molar refractivity (Wildman–Crippen MR) is 81.0 cm³/mol. The molecule has 1 aliphatic rings. The van der Waals surface area contributed by atoms with Crippen LogP contribution in [0.2, 0.25) is 0 Å². The maximum atomic E-state index is 12.1. The second-order valence-corrected chi connectivity index (χ2v) is 6.53. The summed E-state index contributed by atoms with van der Waals surface area (Å²) in [6.07, 6.45) is 3.34. The number of carbonyl (C=O) groups excluding carboxylic acids is 2. The fourth-order valence-corrected chi connectivity index (χ4v) is 2.37. The number of aromatic nitrogens is 2. The molecule has 1 amide bonds. The number of carboxylic acid groups (broad SMARTS) is 1. The standard InChI is InChI=1S/C15H22N4O4.Li/c1-15(2,3)23-14(22)19-6-5-10(9-19)18(4)11-7-16-12(13(20)21)17-8-11;/h7-8,10H,5-6,9H2,1-4H3,(H,20,21);/q;+1/p-1. The van der Waals surface area contributed by atoms with Gasteiger partial charge in [0.05, 0.1) is 18.1 Å². The first-order valence-electron chi connectivity index (χ1n) is 7.41. The Morgan fingerprint density at radius 3 is 2.42 bits per heavy atom. The van der Waals surface area contributed by atoms with E-state index in [4.69, 9.17) is 4.74 Å². The molecule has 1 unspecified atom stereocenters. The molecule has 0 aromatic carbocycles. The van der Waals surface area contributed by atoms with E-state index in [-0.39, 0.29) is 36.8 Å². The molecule has 2 rings (SSSR count). The summed E-state index contributed by atoms with van der Waals surface area (Å²) < 4.78 is 5.37. The van der Waals surface area contributed by atoms with Crippen LogP contribution in [0.1, 0.15) is 37.8 Å². The number of carboxylic acids is 1. The van der Waals surface area contributed by atoms with Crippen molar-refractivity contribution in [1.29, 1.82) is 0 Å². The van der Waals surface area contributed by atoms with E-state index in [0.717, 1.165) is 6.42 Å². The summed E-state index contributed by atoms with van der Waals surface area (Å²) in [6, 6.07) is 0.0971. The van der Waals surface area contributed by atoms with Crippen molar-refractivity contribution >= 4 is 17.7 Å². The van der Waals surface area contributed by atoms with Crippen molar-refractivity contribution in [3.8, 4) is 0 Å². The molecule has 1 fully saturated rings. The molecule has 24 heavy (non-hydrogen) atoms. The molecule has 1 aromatic rings. The van der Waals surface area contributed by atoms with Crippen molar-refractivity contribution in [2.24, 2.45) is 0 Å². The Hall–Kier alpha value is -1.78. The smallest absolute Gasteiger partial charge is 0.542 e. The number of nitrogens with zero attached hydrogens (tertiary/aromatic N) is 4. The van der Waals surface area contributed by atoms with Gasteiger partial charge in [0, 0.05) is 26.2 Å². The zero-order chi connectivity index (χ0) is 17.2. The Kier molecular flexibility index (Phi) is 6.64. The zero-order valence-electron chi connectivity index (χ0n) is 14.8. The van der Waals surface area contributed by atoms with E-state index in [1.807, 2.05) is 32.7 Å². The van der Waals surface area contributed by atoms with Gasteiger partial charge in [-0.3, -0.25) is 0 Å². The molecule has 1 atom stereocenters. The van der Waals surface area contributed by atoms with E-state index in [2.05, 4.69) is 9.97 Å². The van der Waals surface area contributed by atoms with Crippen LogP contribution in [0.5, 0.6) is 0 Å². The number of likely N-dealkylation sites (N-methyl/N-ethyl adjacent to an activating group) is 1. The van der Waals surface area contributed by atoms with E-state index < -0.39 is 11.6 Å². The predicted octanol–water partition coefficient (Wildman–Crippen LogP) is -2.71. The normalized spacial score (nSPS) is 17.2. The number of carbonyl (C=O) groups is 2. The Balaban J connectivity index is 0.00000288. The Morgan fingerprint density at radius 1 is 1.33 bits per heavy atom. The van der Waals surface area contributed by atoms with E-state index in [0.29, 0.717) is 18.8 Å². The molecule has 8 nitrogen and oxygen atoms in total. The van der Waals surface area contributed by atoms with Gasteiger partial charge in [-0.25, -0.2) is 14.8 Å². The van der Waals surface area contributed by atoms with Crippen LogP contribution in [0.4, 0.5) is 10.5 Å². The summed E-state index contributed by atoms with van der Waals surface area (Å²) in [6.45, 7) is 6.65. The first-order valence-corrected chi connectivity index (χ1v) is 7.41. The van der Waals surface area contributed by atoms with Gasteiger partial charge in [-0.1, -0.05) is 0 Å². The minimum absolute atomic E-state index is 0. The maximum absolute atomic E-state index is 12.1. The molecule has 0 saturated carbocycles. The number of aromatic carboxylic acids is 1. The zero-order valence-corrected chi connectivity index (χ0v) is 14.8. The third-order valence-corrected chi connectivity index (χ3v) is 3.59. The van der Waals surface area contributed by atoms with Gasteiger partial charge < -0.3 is 24.4 Å². The van der Waals surface area contributed by atoms with E-state index in [9.17, 15) is 14.7 Å². The number of amides is 1. The number of ether oxygens (including phenoxy) is 1. The number of hydrogen-bond acceptors (Lipinski definition) is 7. The van der Waals surface area contributed by atoms with Crippen molar-refractivity contribution in [3.05, 3.63) is 18.2 Å². The molecule has 0 radical (unpaired) electrons. The molecule has 126 valence electrons. The summed E-state index contributed by atoms with van der Waals surface area (Å²) in [5, 5.41) is 10.7. The Morgan fingerprint density at radius 2 is 1.92 bits per heavy atom.